The van der Waals surface area contributed by atoms with E-state index in [0.29, 0.717) is 6.42 Å². The highest BCUT2D eigenvalue weighted by atomic mass is 16.5. The Morgan fingerprint density at radius 1 is 0.947 bits per heavy atom. The predicted molar refractivity (Wildman–Crippen MR) is 81.3 cm³/mol. The van der Waals surface area contributed by atoms with E-state index in [2.05, 4.69) is 23.9 Å². The Labute approximate surface area is 119 Å². The molecule has 0 radical (unpaired) electrons. The lowest BCUT2D eigenvalue weighted by atomic mass is 10.0. The van der Waals surface area contributed by atoms with Crippen molar-refractivity contribution >= 4 is 5.97 Å². The van der Waals surface area contributed by atoms with Crippen LogP contribution >= 0.6 is 0 Å². The van der Waals surface area contributed by atoms with E-state index in [4.69, 9.17) is 0 Å². The molecule has 0 fully saturated rings. The van der Waals surface area contributed by atoms with Crippen molar-refractivity contribution in [2.45, 2.75) is 71.6 Å². The summed E-state index contributed by atoms with van der Waals surface area (Å²) < 4.78 is 4.58. The van der Waals surface area contributed by atoms with Gasteiger partial charge < -0.3 is 10.1 Å². The van der Waals surface area contributed by atoms with Crippen molar-refractivity contribution in [3.05, 3.63) is 0 Å². The summed E-state index contributed by atoms with van der Waals surface area (Å²) in [4.78, 5) is 10.9. The molecule has 0 aromatic carbocycles. The van der Waals surface area contributed by atoms with Crippen molar-refractivity contribution in [1.82, 2.24) is 5.32 Å². The molecule has 0 bridgehead atoms. The number of hydrogen-bond acceptors (Lipinski definition) is 3. The zero-order chi connectivity index (χ0) is 14.3. The average molecular weight is 271 g/mol. The Hall–Kier alpha value is -0.570. The summed E-state index contributed by atoms with van der Waals surface area (Å²) in [5.74, 6) is 0.727. The smallest absolute Gasteiger partial charge is 0.306 e. The van der Waals surface area contributed by atoms with Gasteiger partial charge in [0.2, 0.25) is 0 Å². The number of esters is 1. The third kappa shape index (κ3) is 15.4. The minimum absolute atomic E-state index is 0.131. The van der Waals surface area contributed by atoms with Gasteiger partial charge in [0.25, 0.3) is 0 Å². The van der Waals surface area contributed by atoms with Gasteiger partial charge in [-0.05, 0) is 18.9 Å². The lowest BCUT2D eigenvalue weighted by Gasteiger charge is -2.05. The average Bonchev–Trinajstić information content (AvgIpc) is 2.39. The Morgan fingerprint density at radius 3 is 2.11 bits per heavy atom. The van der Waals surface area contributed by atoms with Crippen LogP contribution in [0, 0.1) is 5.92 Å². The summed E-state index contributed by atoms with van der Waals surface area (Å²) in [5.41, 5.74) is 0. The van der Waals surface area contributed by atoms with Crippen LogP contribution in [0.25, 0.3) is 0 Å². The monoisotopic (exact) mass is 271 g/mol. The van der Waals surface area contributed by atoms with Crippen LogP contribution in [0.15, 0.2) is 0 Å². The SMILES string of the molecule is COC(=O)CCNCCCCCCCCCC(C)C. The predicted octanol–water partition coefficient (Wildman–Crippen LogP) is 3.92. The van der Waals surface area contributed by atoms with Gasteiger partial charge in [0, 0.05) is 6.54 Å². The van der Waals surface area contributed by atoms with Crippen molar-refractivity contribution in [1.29, 1.82) is 0 Å². The molecule has 0 saturated heterocycles. The summed E-state index contributed by atoms with van der Waals surface area (Å²) >= 11 is 0. The van der Waals surface area contributed by atoms with E-state index < -0.39 is 0 Å². The maximum Gasteiger partial charge on any atom is 0.306 e. The van der Waals surface area contributed by atoms with Gasteiger partial charge in [-0.25, -0.2) is 0 Å². The molecule has 0 spiro atoms. The standard InChI is InChI=1S/C16H33NO2/c1-15(2)11-9-7-5-4-6-8-10-13-17-14-12-16(18)19-3/h15,17H,4-14H2,1-3H3. The molecule has 0 aromatic heterocycles. The van der Waals surface area contributed by atoms with Gasteiger partial charge in [0.15, 0.2) is 0 Å². The Kier molecular flexibility index (Phi) is 13.4. The van der Waals surface area contributed by atoms with Crippen molar-refractivity contribution in [3.8, 4) is 0 Å². The molecule has 0 aliphatic carbocycles. The van der Waals surface area contributed by atoms with Crippen LogP contribution < -0.4 is 5.32 Å². The number of hydrogen-bond donors (Lipinski definition) is 1. The molecule has 0 aliphatic heterocycles. The molecule has 0 unspecified atom stereocenters. The Bertz CT molecular complexity index is 205. The van der Waals surface area contributed by atoms with Crippen molar-refractivity contribution in [2.24, 2.45) is 5.92 Å². The van der Waals surface area contributed by atoms with Gasteiger partial charge in [0.1, 0.15) is 0 Å². The van der Waals surface area contributed by atoms with Gasteiger partial charge in [0.05, 0.1) is 13.5 Å². The summed E-state index contributed by atoms with van der Waals surface area (Å²) in [5, 5.41) is 3.27. The molecule has 114 valence electrons. The third-order valence-electron chi connectivity index (χ3n) is 3.37. The first-order valence-corrected chi connectivity index (χ1v) is 7.94. The highest BCUT2D eigenvalue weighted by Crippen LogP contribution is 2.11. The second-order valence-corrected chi connectivity index (χ2v) is 5.73. The molecule has 0 amide bonds. The molecule has 0 heterocycles. The van der Waals surface area contributed by atoms with Crippen LogP contribution in [0.3, 0.4) is 0 Å². The second kappa shape index (κ2) is 13.9. The molecule has 0 aliphatic rings. The van der Waals surface area contributed by atoms with Crippen LogP contribution in [-0.4, -0.2) is 26.2 Å². The van der Waals surface area contributed by atoms with E-state index in [0.717, 1.165) is 19.0 Å². The number of nitrogens with one attached hydrogen (secondary N) is 1. The summed E-state index contributed by atoms with van der Waals surface area (Å²) in [6.07, 6.45) is 11.3. The highest BCUT2D eigenvalue weighted by Gasteiger charge is 1.98. The van der Waals surface area contributed by atoms with E-state index in [1.54, 1.807) is 0 Å². The number of rotatable bonds is 13. The summed E-state index contributed by atoms with van der Waals surface area (Å²) in [6.45, 7) is 6.35. The maximum absolute atomic E-state index is 10.9. The molecule has 0 saturated carbocycles. The lowest BCUT2D eigenvalue weighted by molar-refractivity contribution is -0.140. The number of unbranched alkanes of at least 4 members (excludes halogenated alkanes) is 6. The Balaban J connectivity index is 3.01. The van der Waals surface area contributed by atoms with Gasteiger partial charge in [-0.2, -0.15) is 0 Å². The quantitative estimate of drug-likeness (QED) is 0.407. The van der Waals surface area contributed by atoms with Crippen LogP contribution in [0.1, 0.15) is 71.6 Å². The first-order chi connectivity index (χ1) is 9.16. The molecular formula is C16H33NO2. The van der Waals surface area contributed by atoms with Gasteiger partial charge in [-0.1, -0.05) is 58.8 Å². The van der Waals surface area contributed by atoms with E-state index in [1.165, 1.54) is 58.5 Å². The molecular weight excluding hydrogens is 238 g/mol. The third-order valence-corrected chi connectivity index (χ3v) is 3.37. The molecule has 0 atom stereocenters. The maximum atomic E-state index is 10.9. The Morgan fingerprint density at radius 2 is 1.53 bits per heavy atom. The highest BCUT2D eigenvalue weighted by molar-refractivity contribution is 5.69. The van der Waals surface area contributed by atoms with E-state index >= 15 is 0 Å². The number of carbonyl (C=O) groups excluding carboxylic acids is 1. The van der Waals surface area contributed by atoms with Crippen LogP contribution in [-0.2, 0) is 9.53 Å². The first-order valence-electron chi connectivity index (χ1n) is 7.94. The van der Waals surface area contributed by atoms with Gasteiger partial charge in [-0.15, -0.1) is 0 Å². The molecule has 0 rings (SSSR count). The van der Waals surface area contributed by atoms with Crippen molar-refractivity contribution in [3.63, 3.8) is 0 Å². The van der Waals surface area contributed by atoms with Crippen molar-refractivity contribution in [2.75, 3.05) is 20.2 Å². The summed E-state index contributed by atoms with van der Waals surface area (Å²) in [7, 11) is 1.43. The fourth-order valence-corrected chi connectivity index (χ4v) is 2.10. The fourth-order valence-electron chi connectivity index (χ4n) is 2.10. The minimum Gasteiger partial charge on any atom is -0.469 e. The zero-order valence-electron chi connectivity index (χ0n) is 13.2. The van der Waals surface area contributed by atoms with E-state index in [-0.39, 0.29) is 5.97 Å². The molecule has 0 aromatic rings. The minimum atomic E-state index is -0.131. The van der Waals surface area contributed by atoms with Crippen LogP contribution in [0.2, 0.25) is 0 Å². The first kappa shape index (κ1) is 18.4. The molecule has 3 heteroatoms. The normalized spacial score (nSPS) is 10.9. The number of methoxy groups -OCH3 is 1. The van der Waals surface area contributed by atoms with Crippen LogP contribution in [0.4, 0.5) is 0 Å². The van der Waals surface area contributed by atoms with Gasteiger partial charge >= 0.3 is 5.97 Å². The number of ether oxygens (including phenoxy) is 1. The molecule has 3 nitrogen and oxygen atoms in total. The van der Waals surface area contributed by atoms with E-state index in [1.807, 2.05) is 0 Å². The molecule has 19 heavy (non-hydrogen) atoms. The molecule has 1 N–H and O–H groups in total. The van der Waals surface area contributed by atoms with Gasteiger partial charge in [-0.3, -0.25) is 4.79 Å². The fraction of sp³-hybridized carbons (Fsp3) is 0.938. The lowest BCUT2D eigenvalue weighted by Crippen LogP contribution is -2.19. The topological polar surface area (TPSA) is 38.3 Å². The van der Waals surface area contributed by atoms with Crippen molar-refractivity contribution < 1.29 is 9.53 Å². The van der Waals surface area contributed by atoms with Crippen LogP contribution in [0.5, 0.6) is 0 Å². The largest absolute Gasteiger partial charge is 0.469 e. The number of carbonyl (C=O) groups is 1. The van der Waals surface area contributed by atoms with E-state index in [9.17, 15) is 4.79 Å². The zero-order valence-corrected chi connectivity index (χ0v) is 13.2. The second-order valence-electron chi connectivity index (χ2n) is 5.73. The summed E-state index contributed by atoms with van der Waals surface area (Å²) in [6, 6.07) is 0.